The van der Waals surface area contributed by atoms with Crippen LogP contribution in [0.5, 0.6) is 0 Å². The third kappa shape index (κ3) is 2.57. The molecule has 2 aromatic rings. The second-order valence-electron chi connectivity index (χ2n) is 10.2. The maximum Gasteiger partial charge on any atom is 0.0956 e. The van der Waals surface area contributed by atoms with Crippen LogP contribution in [0.4, 0.5) is 0 Å². The van der Waals surface area contributed by atoms with Crippen molar-refractivity contribution >= 4 is 10.8 Å². The number of pyridine rings is 1. The highest BCUT2D eigenvalue weighted by atomic mass is 16.5. The van der Waals surface area contributed by atoms with Crippen molar-refractivity contribution in [2.45, 2.75) is 69.7 Å². The molecule has 1 aliphatic heterocycles. The van der Waals surface area contributed by atoms with Gasteiger partial charge in [0.05, 0.1) is 17.3 Å². The normalized spacial score (nSPS) is 38.8. The Morgan fingerprint density at radius 2 is 2.10 bits per heavy atom. The first-order valence-corrected chi connectivity index (χ1v) is 11.8. The number of ether oxygens (including phenoxy) is 1. The summed E-state index contributed by atoms with van der Waals surface area (Å²) in [6.45, 7) is 4.53. The lowest BCUT2D eigenvalue weighted by Gasteiger charge is -2.52. The van der Waals surface area contributed by atoms with E-state index in [0.717, 1.165) is 54.9 Å². The fourth-order valence-electron chi connectivity index (χ4n) is 6.88. The molecule has 1 saturated carbocycles. The molecule has 1 N–H and O–H groups in total. The van der Waals surface area contributed by atoms with Gasteiger partial charge < -0.3 is 9.84 Å². The summed E-state index contributed by atoms with van der Waals surface area (Å²) < 4.78 is 7.00. The molecule has 0 bridgehead atoms. The van der Waals surface area contributed by atoms with Gasteiger partial charge in [0.15, 0.2) is 0 Å². The molecule has 0 spiro atoms. The minimum atomic E-state index is -0.858. The van der Waals surface area contributed by atoms with Gasteiger partial charge in [0.2, 0.25) is 0 Å². The van der Waals surface area contributed by atoms with Gasteiger partial charge in [-0.05, 0) is 78.7 Å². The predicted octanol–water partition coefficient (Wildman–Crippen LogP) is 5.99. The molecule has 0 amide bonds. The SMILES string of the molecule is CCC12CCC=CC1=CC1=CCC3(C)C(CCC3(O)c3ccc4ccncc4c3)C1O2. The Balaban J connectivity index is 1.42. The van der Waals surface area contributed by atoms with Crippen LogP contribution in [0, 0.1) is 11.3 Å². The van der Waals surface area contributed by atoms with Crippen LogP contribution in [0.1, 0.15) is 57.9 Å². The van der Waals surface area contributed by atoms with Crippen LogP contribution in [0.3, 0.4) is 0 Å². The molecule has 5 atom stereocenters. The van der Waals surface area contributed by atoms with Gasteiger partial charge in [0.1, 0.15) is 0 Å². The lowest BCUT2D eigenvalue weighted by Crippen LogP contribution is -2.52. The molecule has 5 unspecified atom stereocenters. The van der Waals surface area contributed by atoms with Crippen molar-refractivity contribution in [3.8, 4) is 0 Å². The van der Waals surface area contributed by atoms with Crippen LogP contribution in [0.25, 0.3) is 10.8 Å². The van der Waals surface area contributed by atoms with E-state index >= 15 is 0 Å². The van der Waals surface area contributed by atoms with E-state index in [9.17, 15) is 5.11 Å². The minimum Gasteiger partial charge on any atom is -0.385 e. The Morgan fingerprint density at radius 3 is 2.97 bits per heavy atom. The van der Waals surface area contributed by atoms with E-state index in [1.54, 1.807) is 0 Å². The standard InChI is InChI=1S/C28H31NO2/c1-3-27-12-5-4-6-22(27)16-20-9-13-26(2)24(25(20)31-27)10-14-28(26,30)23-8-7-19-11-15-29-18-21(19)17-23/h4,6-9,11,15-18,24-25,30H,3,5,10,12-14H2,1-2H3. The molecule has 1 aromatic heterocycles. The molecule has 1 fully saturated rings. The van der Waals surface area contributed by atoms with Gasteiger partial charge in [0.25, 0.3) is 0 Å². The molecule has 4 aliphatic rings. The van der Waals surface area contributed by atoms with Crippen molar-refractivity contribution in [3.63, 3.8) is 0 Å². The average Bonchev–Trinajstić information content (AvgIpc) is 3.09. The topological polar surface area (TPSA) is 42.4 Å². The number of rotatable bonds is 2. The van der Waals surface area contributed by atoms with Crippen molar-refractivity contribution in [1.82, 2.24) is 4.98 Å². The van der Waals surface area contributed by atoms with Gasteiger partial charge in [-0.3, -0.25) is 4.98 Å². The van der Waals surface area contributed by atoms with E-state index in [1.807, 2.05) is 18.5 Å². The third-order valence-electron chi connectivity index (χ3n) is 8.94. The van der Waals surface area contributed by atoms with E-state index in [0.29, 0.717) is 5.92 Å². The number of fused-ring (bicyclic) bond motifs is 5. The Morgan fingerprint density at radius 1 is 1.19 bits per heavy atom. The molecule has 6 rings (SSSR count). The van der Waals surface area contributed by atoms with Crippen LogP contribution in [-0.2, 0) is 10.3 Å². The zero-order valence-corrected chi connectivity index (χ0v) is 18.5. The van der Waals surface area contributed by atoms with E-state index in [2.05, 4.69) is 61.3 Å². The lowest BCUT2D eigenvalue weighted by atomic mass is 9.60. The molecule has 1 aromatic carbocycles. The first-order chi connectivity index (χ1) is 15.0. The van der Waals surface area contributed by atoms with Crippen molar-refractivity contribution < 1.29 is 9.84 Å². The summed E-state index contributed by atoms with van der Waals surface area (Å²) in [5, 5.41) is 14.4. The second-order valence-corrected chi connectivity index (χ2v) is 10.2. The summed E-state index contributed by atoms with van der Waals surface area (Å²) in [7, 11) is 0. The van der Waals surface area contributed by atoms with Crippen LogP contribution >= 0.6 is 0 Å². The first kappa shape index (κ1) is 19.5. The van der Waals surface area contributed by atoms with Crippen molar-refractivity contribution in [3.05, 3.63) is 77.7 Å². The Labute approximate surface area is 184 Å². The summed E-state index contributed by atoms with van der Waals surface area (Å²) in [4.78, 5) is 4.29. The van der Waals surface area contributed by atoms with Crippen LogP contribution in [0.15, 0.2) is 72.1 Å². The number of nitrogens with zero attached hydrogens (tertiary/aromatic N) is 1. The average molecular weight is 414 g/mol. The number of allylic oxidation sites excluding steroid dienone is 2. The number of hydrogen-bond acceptors (Lipinski definition) is 3. The minimum absolute atomic E-state index is 0.0742. The summed E-state index contributed by atoms with van der Waals surface area (Å²) >= 11 is 0. The zero-order chi connectivity index (χ0) is 21.3. The summed E-state index contributed by atoms with van der Waals surface area (Å²) in [5.74, 6) is 0.314. The van der Waals surface area contributed by atoms with Gasteiger partial charge in [0, 0.05) is 23.2 Å². The largest absolute Gasteiger partial charge is 0.385 e. The fraction of sp³-hybridized carbons (Fsp3) is 0.464. The van der Waals surface area contributed by atoms with Crippen molar-refractivity contribution in [2.24, 2.45) is 11.3 Å². The quantitative estimate of drug-likeness (QED) is 0.657. The smallest absolute Gasteiger partial charge is 0.0956 e. The zero-order valence-electron chi connectivity index (χ0n) is 18.5. The summed E-state index contributed by atoms with van der Waals surface area (Å²) in [6.07, 6.45) is 18.8. The number of benzene rings is 1. The highest BCUT2D eigenvalue weighted by Gasteiger charge is 2.62. The molecule has 3 heteroatoms. The number of aromatic nitrogens is 1. The van der Waals surface area contributed by atoms with Crippen LogP contribution < -0.4 is 0 Å². The predicted molar refractivity (Wildman–Crippen MR) is 124 cm³/mol. The molecular formula is C28H31NO2. The highest BCUT2D eigenvalue weighted by molar-refractivity contribution is 5.82. The molecule has 0 radical (unpaired) electrons. The van der Waals surface area contributed by atoms with Crippen molar-refractivity contribution in [1.29, 1.82) is 0 Å². The van der Waals surface area contributed by atoms with Gasteiger partial charge in [-0.25, -0.2) is 0 Å². The van der Waals surface area contributed by atoms with Gasteiger partial charge in [-0.15, -0.1) is 0 Å². The molecule has 31 heavy (non-hydrogen) atoms. The van der Waals surface area contributed by atoms with Gasteiger partial charge in [-0.2, -0.15) is 0 Å². The van der Waals surface area contributed by atoms with Crippen LogP contribution in [0.2, 0.25) is 0 Å². The summed E-state index contributed by atoms with van der Waals surface area (Å²) in [5.41, 5.74) is 2.41. The van der Waals surface area contributed by atoms with Gasteiger partial charge in [-0.1, -0.05) is 50.3 Å². The van der Waals surface area contributed by atoms with E-state index in [1.165, 1.54) is 11.1 Å². The number of aliphatic hydroxyl groups is 1. The van der Waals surface area contributed by atoms with Crippen molar-refractivity contribution in [2.75, 3.05) is 0 Å². The van der Waals surface area contributed by atoms with E-state index < -0.39 is 5.60 Å². The monoisotopic (exact) mass is 413 g/mol. The lowest BCUT2D eigenvalue weighted by molar-refractivity contribution is -0.141. The Bertz CT molecular complexity index is 1150. The van der Waals surface area contributed by atoms with Crippen LogP contribution in [-0.4, -0.2) is 21.8 Å². The van der Waals surface area contributed by atoms with E-state index in [-0.39, 0.29) is 17.1 Å². The Kier molecular flexibility index (Phi) is 4.16. The van der Waals surface area contributed by atoms with Gasteiger partial charge >= 0.3 is 0 Å². The summed E-state index contributed by atoms with van der Waals surface area (Å²) in [6, 6.07) is 8.42. The van der Waals surface area contributed by atoms with E-state index in [4.69, 9.17) is 4.74 Å². The third-order valence-corrected chi connectivity index (χ3v) is 8.94. The molecule has 160 valence electrons. The Hall–Kier alpha value is -2.23. The molecule has 3 nitrogen and oxygen atoms in total. The first-order valence-electron chi connectivity index (χ1n) is 11.8. The molecule has 2 heterocycles. The molecule has 3 aliphatic carbocycles. The fourth-order valence-corrected chi connectivity index (χ4v) is 6.88. The highest BCUT2D eigenvalue weighted by Crippen LogP contribution is 2.63. The number of hydrogen-bond donors (Lipinski definition) is 1. The maximum absolute atomic E-state index is 12.2. The molecular weight excluding hydrogens is 382 g/mol. The molecule has 0 saturated heterocycles. The second kappa shape index (κ2) is 6.63. The maximum atomic E-state index is 12.2.